The highest BCUT2D eigenvalue weighted by molar-refractivity contribution is 6.01. The number of carbonyl (C=O) groups is 2. The maximum atomic E-state index is 13.6. The second-order valence-corrected chi connectivity index (χ2v) is 7.40. The summed E-state index contributed by atoms with van der Waals surface area (Å²) >= 11 is 0. The molecule has 156 valence electrons. The fourth-order valence-corrected chi connectivity index (χ4v) is 4.19. The van der Waals surface area contributed by atoms with E-state index in [0.717, 1.165) is 5.56 Å². The van der Waals surface area contributed by atoms with E-state index in [1.165, 1.54) is 4.90 Å². The molecule has 7 nitrogen and oxygen atoms in total. The molecule has 2 atom stereocenters. The van der Waals surface area contributed by atoms with E-state index < -0.39 is 6.04 Å². The van der Waals surface area contributed by atoms with Crippen LogP contribution in [0.2, 0.25) is 0 Å². The lowest BCUT2D eigenvalue weighted by atomic mass is 9.94. The zero-order valence-corrected chi connectivity index (χ0v) is 17.5. The third-order valence-corrected chi connectivity index (χ3v) is 5.88. The number of hydrogen-bond donors (Lipinski definition) is 1. The predicted molar refractivity (Wildman–Crippen MR) is 112 cm³/mol. The number of rotatable bonds is 5. The van der Waals surface area contributed by atoms with Crippen LogP contribution >= 0.6 is 0 Å². The van der Waals surface area contributed by atoms with Gasteiger partial charge in [-0.2, -0.15) is 0 Å². The normalized spacial score (nSPS) is 19.5. The number of methoxy groups -OCH3 is 2. The summed E-state index contributed by atoms with van der Waals surface area (Å²) in [7, 11) is 4.80. The van der Waals surface area contributed by atoms with Gasteiger partial charge in [-0.25, -0.2) is 4.79 Å². The molecule has 0 aliphatic carbocycles. The van der Waals surface area contributed by atoms with Gasteiger partial charge in [0.05, 0.1) is 44.1 Å². The zero-order valence-electron chi connectivity index (χ0n) is 17.5. The molecular weight excluding hydrogens is 382 g/mol. The monoisotopic (exact) mass is 407 g/mol. The van der Waals surface area contributed by atoms with Crippen LogP contribution in [0.15, 0.2) is 59.8 Å². The highest BCUT2D eigenvalue weighted by atomic mass is 16.5. The Morgan fingerprint density at radius 2 is 1.77 bits per heavy atom. The zero-order chi connectivity index (χ0) is 21.4. The molecular formula is C23H25N3O4. The van der Waals surface area contributed by atoms with Gasteiger partial charge in [0, 0.05) is 12.6 Å². The van der Waals surface area contributed by atoms with E-state index in [0.29, 0.717) is 34.9 Å². The van der Waals surface area contributed by atoms with Crippen LogP contribution in [0, 0.1) is 0 Å². The Labute approximate surface area is 175 Å². The number of carbonyl (C=O) groups excluding carboxylic acids is 2. The summed E-state index contributed by atoms with van der Waals surface area (Å²) in [5, 5.41) is 2.96. The van der Waals surface area contributed by atoms with E-state index in [2.05, 4.69) is 5.32 Å². The third kappa shape index (κ3) is 3.07. The van der Waals surface area contributed by atoms with Gasteiger partial charge in [-0.1, -0.05) is 42.5 Å². The minimum Gasteiger partial charge on any atom is -0.493 e. The Bertz CT molecular complexity index is 1020. The van der Waals surface area contributed by atoms with Gasteiger partial charge in [-0.3, -0.25) is 9.69 Å². The fourth-order valence-electron chi connectivity index (χ4n) is 4.19. The average molecular weight is 407 g/mol. The Balaban J connectivity index is 1.77. The lowest BCUT2D eigenvalue weighted by Crippen LogP contribution is -2.45. The van der Waals surface area contributed by atoms with Gasteiger partial charge in [0.1, 0.15) is 0 Å². The van der Waals surface area contributed by atoms with Gasteiger partial charge in [0.25, 0.3) is 5.91 Å². The Kier molecular flexibility index (Phi) is 5.11. The van der Waals surface area contributed by atoms with Crippen LogP contribution in [-0.4, -0.2) is 49.6 Å². The standard InChI is InChI=1S/C23H25N3O4/c1-14(15-9-6-5-7-10-15)26-13-17-19(22(26)27)20(24-23(28)25(17)2)16-11-8-12-18(29-3)21(16)30-4/h5-12,14,20H,13H2,1-4H3,(H,24,28)/t14-,20-/m1/s1. The van der Waals surface area contributed by atoms with Gasteiger partial charge in [0.15, 0.2) is 11.5 Å². The first-order valence-corrected chi connectivity index (χ1v) is 9.82. The van der Waals surface area contributed by atoms with Gasteiger partial charge in [-0.05, 0) is 18.6 Å². The first-order valence-electron chi connectivity index (χ1n) is 9.82. The Hall–Kier alpha value is -3.48. The van der Waals surface area contributed by atoms with Crippen LogP contribution in [-0.2, 0) is 4.79 Å². The molecule has 4 rings (SSSR count). The first kappa shape index (κ1) is 19.8. The second-order valence-electron chi connectivity index (χ2n) is 7.40. The van der Waals surface area contributed by atoms with Crippen LogP contribution in [0.1, 0.15) is 30.1 Å². The number of urea groups is 1. The van der Waals surface area contributed by atoms with Crippen LogP contribution < -0.4 is 14.8 Å². The van der Waals surface area contributed by atoms with Crippen molar-refractivity contribution in [1.82, 2.24) is 15.1 Å². The van der Waals surface area contributed by atoms with Crippen molar-refractivity contribution in [2.24, 2.45) is 0 Å². The van der Waals surface area contributed by atoms with Crippen molar-refractivity contribution >= 4 is 11.9 Å². The maximum absolute atomic E-state index is 13.6. The number of hydrogen-bond acceptors (Lipinski definition) is 4. The summed E-state index contributed by atoms with van der Waals surface area (Å²) in [6.07, 6.45) is 0. The Morgan fingerprint density at radius 1 is 1.03 bits per heavy atom. The second kappa shape index (κ2) is 7.74. The maximum Gasteiger partial charge on any atom is 0.322 e. The summed E-state index contributed by atoms with van der Waals surface area (Å²) < 4.78 is 11.0. The molecule has 0 aromatic heterocycles. The fraction of sp³-hybridized carbons (Fsp3) is 0.304. The molecule has 3 amide bonds. The molecule has 2 aliphatic heterocycles. The molecule has 0 radical (unpaired) electrons. The average Bonchev–Trinajstić information content (AvgIpc) is 3.13. The molecule has 30 heavy (non-hydrogen) atoms. The molecule has 0 unspecified atom stereocenters. The number of benzene rings is 2. The number of nitrogens with zero attached hydrogens (tertiary/aromatic N) is 2. The van der Waals surface area contributed by atoms with Crippen LogP contribution in [0.5, 0.6) is 11.5 Å². The smallest absolute Gasteiger partial charge is 0.322 e. The van der Waals surface area contributed by atoms with E-state index in [1.54, 1.807) is 32.2 Å². The number of para-hydroxylation sites is 1. The molecule has 2 aromatic carbocycles. The van der Waals surface area contributed by atoms with Gasteiger partial charge in [0.2, 0.25) is 0 Å². The van der Waals surface area contributed by atoms with Crippen molar-refractivity contribution in [3.63, 3.8) is 0 Å². The van der Waals surface area contributed by atoms with E-state index in [1.807, 2.05) is 49.4 Å². The number of likely N-dealkylation sites (N-methyl/N-ethyl adjacent to an activating group) is 1. The molecule has 0 saturated heterocycles. The van der Waals surface area contributed by atoms with Crippen LogP contribution in [0.3, 0.4) is 0 Å². The van der Waals surface area contributed by atoms with Crippen molar-refractivity contribution in [2.45, 2.75) is 19.0 Å². The van der Waals surface area contributed by atoms with Crippen molar-refractivity contribution in [3.8, 4) is 11.5 Å². The highest BCUT2D eigenvalue weighted by Crippen LogP contribution is 2.43. The van der Waals surface area contributed by atoms with Crippen LogP contribution in [0.4, 0.5) is 4.79 Å². The van der Waals surface area contributed by atoms with Crippen molar-refractivity contribution in [2.75, 3.05) is 27.8 Å². The molecule has 7 heteroatoms. The highest BCUT2D eigenvalue weighted by Gasteiger charge is 2.45. The van der Waals surface area contributed by atoms with E-state index in [4.69, 9.17) is 9.47 Å². The summed E-state index contributed by atoms with van der Waals surface area (Å²) in [5.74, 6) is 0.956. The van der Waals surface area contributed by atoms with Crippen molar-refractivity contribution < 1.29 is 19.1 Å². The van der Waals surface area contributed by atoms with Gasteiger partial charge >= 0.3 is 6.03 Å². The molecule has 2 heterocycles. The minimum absolute atomic E-state index is 0.0944. The van der Waals surface area contributed by atoms with E-state index in [-0.39, 0.29) is 18.0 Å². The lowest BCUT2D eigenvalue weighted by Gasteiger charge is -2.31. The number of nitrogens with one attached hydrogen (secondary N) is 1. The first-order chi connectivity index (χ1) is 14.5. The quantitative estimate of drug-likeness (QED) is 0.826. The van der Waals surface area contributed by atoms with E-state index in [9.17, 15) is 9.59 Å². The summed E-state index contributed by atoms with van der Waals surface area (Å²) in [6.45, 7) is 2.37. The predicted octanol–water partition coefficient (Wildman–Crippen LogP) is 3.26. The molecule has 2 aromatic rings. The third-order valence-electron chi connectivity index (χ3n) is 5.88. The van der Waals surface area contributed by atoms with E-state index >= 15 is 0 Å². The molecule has 0 fully saturated rings. The summed E-state index contributed by atoms with van der Waals surface area (Å²) in [4.78, 5) is 29.6. The minimum atomic E-state index is -0.616. The number of ether oxygens (including phenoxy) is 2. The number of amides is 3. The lowest BCUT2D eigenvalue weighted by molar-refractivity contribution is -0.127. The van der Waals surface area contributed by atoms with Gasteiger partial charge < -0.3 is 19.7 Å². The molecule has 0 saturated carbocycles. The molecule has 0 spiro atoms. The summed E-state index contributed by atoms with van der Waals surface area (Å²) in [6, 6.07) is 14.3. The SMILES string of the molecule is COc1cccc([C@H]2NC(=O)N(C)C3=C2C(=O)N([C@H](C)c2ccccc2)C3)c1OC. The van der Waals surface area contributed by atoms with Gasteiger partial charge in [-0.15, -0.1) is 0 Å². The van der Waals surface area contributed by atoms with Crippen molar-refractivity contribution in [3.05, 3.63) is 70.9 Å². The molecule has 2 aliphatic rings. The van der Waals surface area contributed by atoms with Crippen LogP contribution in [0.25, 0.3) is 0 Å². The summed E-state index contributed by atoms with van der Waals surface area (Å²) in [5.41, 5.74) is 3.00. The Morgan fingerprint density at radius 3 is 2.43 bits per heavy atom. The topological polar surface area (TPSA) is 71.1 Å². The van der Waals surface area contributed by atoms with Crippen molar-refractivity contribution in [1.29, 1.82) is 0 Å². The molecule has 1 N–H and O–H groups in total. The molecule has 0 bridgehead atoms. The largest absolute Gasteiger partial charge is 0.493 e.